The van der Waals surface area contributed by atoms with Crippen LogP contribution in [-0.2, 0) is 18.9 Å². The Kier molecular flexibility index (Phi) is 5.56. The van der Waals surface area contributed by atoms with E-state index in [0.717, 1.165) is 65.0 Å². The topological polar surface area (TPSA) is 76.1 Å². The molecule has 5 atom stereocenters. The van der Waals surface area contributed by atoms with Crippen LogP contribution in [0.4, 0.5) is 0 Å². The van der Waals surface area contributed by atoms with Crippen LogP contribution in [0.1, 0.15) is 44.9 Å². The minimum atomic E-state index is -0.696. The average molecular weight is 394 g/mol. The van der Waals surface area contributed by atoms with Gasteiger partial charge in [0.1, 0.15) is 4.33 Å². The maximum atomic E-state index is 6.94. The first kappa shape index (κ1) is 18.7. The van der Waals surface area contributed by atoms with Gasteiger partial charge in [-0.1, -0.05) is 6.42 Å². The van der Waals surface area contributed by atoms with Crippen molar-refractivity contribution in [3.8, 4) is 0 Å². The van der Waals surface area contributed by atoms with Gasteiger partial charge in [-0.25, -0.2) is 0 Å². The molecule has 0 aromatic carbocycles. The molecule has 0 amide bonds. The number of ether oxygens (including phenoxy) is 4. The highest BCUT2D eigenvalue weighted by atomic mass is 35.5. The van der Waals surface area contributed by atoms with Gasteiger partial charge in [0.05, 0.1) is 50.8 Å². The summed E-state index contributed by atoms with van der Waals surface area (Å²) in [6, 6.07) is 0. The number of nitrogens with two attached hydrogens (primary N) is 1. The predicted octanol–water partition coefficient (Wildman–Crippen LogP) is 2.80. The van der Waals surface area contributed by atoms with Gasteiger partial charge in [0.15, 0.2) is 0 Å². The molecule has 4 rings (SSSR count). The Labute approximate surface area is 159 Å². The lowest BCUT2D eigenvalue weighted by molar-refractivity contribution is 0.161. The smallest absolute Gasteiger partial charge is 0.120 e. The van der Waals surface area contributed by atoms with E-state index in [1.165, 1.54) is 0 Å². The molecule has 25 heavy (non-hydrogen) atoms. The number of halogens is 2. The lowest BCUT2D eigenvalue weighted by Crippen LogP contribution is -2.50. The van der Waals surface area contributed by atoms with E-state index in [4.69, 9.17) is 47.9 Å². The Morgan fingerprint density at radius 1 is 0.840 bits per heavy atom. The first-order valence-corrected chi connectivity index (χ1v) is 10.3. The number of alkyl halides is 2. The summed E-state index contributed by atoms with van der Waals surface area (Å²) in [5.41, 5.74) is 6.68. The zero-order valence-electron chi connectivity index (χ0n) is 14.6. The van der Waals surface area contributed by atoms with Crippen LogP contribution < -0.4 is 5.73 Å². The predicted molar refractivity (Wildman–Crippen MR) is 96.1 cm³/mol. The first-order valence-electron chi connectivity index (χ1n) is 9.55. The van der Waals surface area contributed by atoms with E-state index in [1.807, 2.05) is 0 Å². The zero-order valence-corrected chi connectivity index (χ0v) is 16.1. The summed E-state index contributed by atoms with van der Waals surface area (Å²) in [6.45, 7) is 3.33. The molecule has 0 aromatic heterocycles. The van der Waals surface area contributed by atoms with Gasteiger partial charge in [-0.2, -0.15) is 0 Å². The number of hydrogen-bond acceptors (Lipinski definition) is 5. The molecule has 0 aliphatic carbocycles. The summed E-state index contributed by atoms with van der Waals surface area (Å²) >= 11 is 12.9. The van der Waals surface area contributed by atoms with Crippen molar-refractivity contribution in [1.29, 1.82) is 0 Å². The summed E-state index contributed by atoms with van der Waals surface area (Å²) in [5.74, 6) is 0.384. The second kappa shape index (κ2) is 7.42. The van der Waals surface area contributed by atoms with Gasteiger partial charge in [0.2, 0.25) is 0 Å². The third-order valence-electron chi connectivity index (χ3n) is 5.81. The Morgan fingerprint density at radius 2 is 1.32 bits per heavy atom. The third-order valence-corrected chi connectivity index (χ3v) is 6.49. The van der Waals surface area contributed by atoms with Crippen LogP contribution in [0, 0.1) is 5.92 Å². The van der Waals surface area contributed by atoms with Gasteiger partial charge in [0.25, 0.3) is 0 Å². The molecule has 7 heteroatoms. The maximum Gasteiger partial charge on any atom is 0.120 e. The lowest BCUT2D eigenvalue weighted by atomic mass is 9.73. The van der Waals surface area contributed by atoms with E-state index in [9.17, 15) is 0 Å². The molecule has 4 heterocycles. The highest BCUT2D eigenvalue weighted by Gasteiger charge is 2.46. The van der Waals surface area contributed by atoms with Crippen LogP contribution >= 0.6 is 23.2 Å². The van der Waals surface area contributed by atoms with Crippen LogP contribution in [0.3, 0.4) is 0 Å². The average Bonchev–Trinajstić information content (AvgIpc) is 3.35. The fourth-order valence-corrected chi connectivity index (χ4v) is 4.64. The summed E-state index contributed by atoms with van der Waals surface area (Å²) in [4.78, 5) is 0. The summed E-state index contributed by atoms with van der Waals surface area (Å²) in [7, 11) is 0. The van der Waals surface area contributed by atoms with Crippen molar-refractivity contribution < 1.29 is 18.9 Å². The van der Waals surface area contributed by atoms with Crippen LogP contribution in [0.25, 0.3) is 0 Å². The Morgan fingerprint density at radius 3 is 1.80 bits per heavy atom. The van der Waals surface area contributed by atoms with E-state index in [1.54, 1.807) is 0 Å². The van der Waals surface area contributed by atoms with Crippen molar-refractivity contribution in [2.24, 2.45) is 11.7 Å². The fourth-order valence-electron chi connectivity index (χ4n) is 4.03. The van der Waals surface area contributed by atoms with Crippen LogP contribution in [0.5, 0.6) is 0 Å². The van der Waals surface area contributed by atoms with Gasteiger partial charge >= 0.3 is 0 Å². The summed E-state index contributed by atoms with van der Waals surface area (Å²) < 4.78 is 21.0. The van der Waals surface area contributed by atoms with Crippen molar-refractivity contribution in [3.05, 3.63) is 0 Å². The monoisotopic (exact) mass is 393 g/mol. The molecule has 144 valence electrons. The van der Waals surface area contributed by atoms with Gasteiger partial charge in [0, 0.05) is 12.0 Å². The van der Waals surface area contributed by atoms with E-state index >= 15 is 0 Å². The van der Waals surface area contributed by atoms with Crippen molar-refractivity contribution in [1.82, 2.24) is 0 Å². The molecule has 0 saturated carbocycles. The van der Waals surface area contributed by atoms with E-state index in [0.29, 0.717) is 30.7 Å². The standard InChI is InChI=1S/C18H29Cl2NO4/c19-18(20,7-16-11-25-16)3-1-2-12(4-13-8-22-13)17(21,5-14-9-23-14)6-15-10-24-15/h12-16H,1-11,21H2. The molecule has 2 N–H and O–H groups in total. The molecule has 0 radical (unpaired) electrons. The molecule has 4 aliphatic heterocycles. The molecule has 5 unspecified atom stereocenters. The normalized spacial score (nSPS) is 36.6. The summed E-state index contributed by atoms with van der Waals surface area (Å²) in [6.07, 6.45) is 7.55. The quantitative estimate of drug-likeness (QED) is 0.384. The highest BCUT2D eigenvalue weighted by Crippen LogP contribution is 2.42. The van der Waals surface area contributed by atoms with Crippen LogP contribution in [0.15, 0.2) is 0 Å². The molecule has 0 bridgehead atoms. The minimum Gasteiger partial charge on any atom is -0.373 e. The second-order valence-corrected chi connectivity index (χ2v) is 9.99. The molecule has 0 spiro atoms. The molecular weight excluding hydrogens is 365 g/mol. The number of epoxide rings is 4. The third kappa shape index (κ3) is 6.20. The van der Waals surface area contributed by atoms with Gasteiger partial charge in [-0.15, -0.1) is 23.2 Å². The van der Waals surface area contributed by atoms with Gasteiger partial charge in [-0.3, -0.25) is 0 Å². The molecule has 0 aromatic rings. The number of hydrogen-bond donors (Lipinski definition) is 1. The Hall–Kier alpha value is 0.380. The zero-order chi connectivity index (χ0) is 17.5. The van der Waals surface area contributed by atoms with Crippen LogP contribution in [-0.4, -0.2) is 60.7 Å². The molecular formula is C18H29Cl2NO4. The molecule has 5 nitrogen and oxygen atoms in total. The van der Waals surface area contributed by atoms with Crippen molar-refractivity contribution >= 4 is 23.2 Å². The van der Waals surface area contributed by atoms with Crippen molar-refractivity contribution in [3.63, 3.8) is 0 Å². The largest absolute Gasteiger partial charge is 0.373 e. The Balaban J connectivity index is 1.33. The maximum absolute atomic E-state index is 6.94. The van der Waals surface area contributed by atoms with E-state index < -0.39 is 4.33 Å². The van der Waals surface area contributed by atoms with Crippen LogP contribution in [0.2, 0.25) is 0 Å². The van der Waals surface area contributed by atoms with E-state index in [-0.39, 0.29) is 11.6 Å². The van der Waals surface area contributed by atoms with Crippen molar-refractivity contribution in [2.75, 3.05) is 26.4 Å². The fraction of sp³-hybridized carbons (Fsp3) is 1.00. The second-order valence-electron chi connectivity index (χ2n) is 8.35. The minimum absolute atomic E-state index is 0.248. The first-order chi connectivity index (χ1) is 11.9. The van der Waals surface area contributed by atoms with Gasteiger partial charge < -0.3 is 24.7 Å². The molecule has 4 fully saturated rings. The Bertz CT molecular complexity index is 448. The number of rotatable bonds is 13. The summed E-state index contributed by atoms with van der Waals surface area (Å²) in [5, 5.41) is 0. The SMILES string of the molecule is NC(CC1CO1)(CC1CO1)C(CCCC(Cl)(Cl)CC1CO1)CC1CO1. The van der Waals surface area contributed by atoms with Gasteiger partial charge in [-0.05, 0) is 38.0 Å². The van der Waals surface area contributed by atoms with Crippen molar-refractivity contribution in [2.45, 2.75) is 79.2 Å². The highest BCUT2D eigenvalue weighted by molar-refractivity contribution is 6.48. The lowest BCUT2D eigenvalue weighted by Gasteiger charge is -2.38. The molecule has 4 aliphatic rings. The molecule has 4 saturated heterocycles. The van der Waals surface area contributed by atoms with E-state index in [2.05, 4.69) is 0 Å².